The van der Waals surface area contributed by atoms with Gasteiger partial charge >= 0.3 is 6.03 Å². The van der Waals surface area contributed by atoms with Crippen LogP contribution in [0.1, 0.15) is 0 Å². The van der Waals surface area contributed by atoms with E-state index < -0.39 is 0 Å². The van der Waals surface area contributed by atoms with Gasteiger partial charge < -0.3 is 15.4 Å². The molecule has 0 saturated carbocycles. The highest BCUT2D eigenvalue weighted by molar-refractivity contribution is 6.32. The predicted octanol–water partition coefficient (Wildman–Crippen LogP) is 1.50. The quantitative estimate of drug-likeness (QED) is 0.608. The van der Waals surface area contributed by atoms with E-state index in [2.05, 4.69) is 15.6 Å². The van der Waals surface area contributed by atoms with Gasteiger partial charge in [-0.25, -0.2) is 9.78 Å². The first-order chi connectivity index (χ1) is 7.24. The molecular weight excluding hydrogens is 218 g/mol. The zero-order valence-electron chi connectivity index (χ0n) is 8.29. The summed E-state index contributed by atoms with van der Waals surface area (Å²) in [5, 5.41) is 5.43. The van der Waals surface area contributed by atoms with E-state index in [9.17, 15) is 4.79 Å². The van der Waals surface area contributed by atoms with Crippen LogP contribution in [0.15, 0.2) is 18.3 Å². The van der Waals surface area contributed by atoms with E-state index in [4.69, 9.17) is 16.3 Å². The molecule has 0 fully saturated rings. The molecule has 1 aromatic heterocycles. The number of carbonyl (C=O) groups is 1. The number of hydrogen-bond donors (Lipinski definition) is 2. The lowest BCUT2D eigenvalue weighted by Crippen LogP contribution is -2.31. The molecule has 82 valence electrons. The lowest BCUT2D eigenvalue weighted by Gasteiger charge is -2.07. The highest BCUT2D eigenvalue weighted by Crippen LogP contribution is 2.16. The normalized spacial score (nSPS) is 9.73. The molecular formula is C9H12ClN3O2. The van der Waals surface area contributed by atoms with Crippen LogP contribution in [0.25, 0.3) is 0 Å². The molecule has 0 aromatic carbocycles. The van der Waals surface area contributed by atoms with Gasteiger partial charge in [0.25, 0.3) is 0 Å². The number of methoxy groups -OCH3 is 1. The van der Waals surface area contributed by atoms with Crippen molar-refractivity contribution in [1.29, 1.82) is 0 Å². The summed E-state index contributed by atoms with van der Waals surface area (Å²) in [6.45, 7) is 0.911. The Morgan fingerprint density at radius 1 is 1.67 bits per heavy atom. The average molecular weight is 230 g/mol. The number of hydrogen-bond acceptors (Lipinski definition) is 3. The number of rotatable bonds is 4. The Hall–Kier alpha value is -1.33. The fourth-order valence-corrected chi connectivity index (χ4v) is 1.08. The van der Waals surface area contributed by atoms with E-state index in [-0.39, 0.29) is 11.2 Å². The Bertz CT molecular complexity index is 333. The fraction of sp³-hybridized carbons (Fsp3) is 0.333. The standard InChI is InChI=1S/C9H12ClN3O2/c1-15-6-5-12-9(14)13-7-3-2-4-11-8(7)10/h2-4H,5-6H2,1H3,(H2,12,13,14). The number of ether oxygens (including phenoxy) is 1. The first-order valence-electron chi connectivity index (χ1n) is 4.38. The van der Waals surface area contributed by atoms with Gasteiger partial charge in [0, 0.05) is 19.9 Å². The van der Waals surface area contributed by atoms with E-state index in [1.807, 2.05) is 0 Å². The molecule has 1 heterocycles. The molecule has 5 nitrogen and oxygen atoms in total. The smallest absolute Gasteiger partial charge is 0.319 e. The summed E-state index contributed by atoms with van der Waals surface area (Å²) in [5.41, 5.74) is 0.481. The highest BCUT2D eigenvalue weighted by Gasteiger charge is 2.04. The zero-order valence-corrected chi connectivity index (χ0v) is 9.04. The Balaban J connectivity index is 2.41. The highest BCUT2D eigenvalue weighted by atomic mass is 35.5. The van der Waals surface area contributed by atoms with Gasteiger partial charge in [0.2, 0.25) is 0 Å². The van der Waals surface area contributed by atoms with Gasteiger partial charge in [0.05, 0.1) is 12.3 Å². The minimum absolute atomic E-state index is 0.263. The van der Waals surface area contributed by atoms with Crippen molar-refractivity contribution in [3.05, 3.63) is 23.5 Å². The molecule has 0 unspecified atom stereocenters. The Kier molecular flexibility index (Phi) is 4.86. The van der Waals surface area contributed by atoms with Crippen LogP contribution in [0.3, 0.4) is 0 Å². The largest absolute Gasteiger partial charge is 0.383 e. The van der Waals surface area contributed by atoms with Gasteiger partial charge in [0.1, 0.15) is 0 Å². The first kappa shape index (κ1) is 11.7. The summed E-state index contributed by atoms with van der Waals surface area (Å²) in [6.07, 6.45) is 1.55. The van der Waals surface area contributed by atoms with Crippen LogP contribution in [0.5, 0.6) is 0 Å². The lowest BCUT2D eigenvalue weighted by atomic mass is 10.4. The van der Waals surface area contributed by atoms with E-state index in [0.29, 0.717) is 18.8 Å². The van der Waals surface area contributed by atoms with Crippen LogP contribution >= 0.6 is 11.6 Å². The molecule has 0 aliphatic heterocycles. The van der Waals surface area contributed by atoms with Crippen molar-refractivity contribution in [2.24, 2.45) is 0 Å². The van der Waals surface area contributed by atoms with Crippen molar-refractivity contribution >= 4 is 23.3 Å². The lowest BCUT2D eigenvalue weighted by molar-refractivity contribution is 0.198. The molecule has 0 spiro atoms. The van der Waals surface area contributed by atoms with Crippen LogP contribution in [-0.2, 0) is 4.74 Å². The molecule has 6 heteroatoms. The maximum Gasteiger partial charge on any atom is 0.319 e. The van der Waals surface area contributed by atoms with Gasteiger partial charge in [-0.15, -0.1) is 0 Å². The number of nitrogens with one attached hydrogen (secondary N) is 2. The summed E-state index contributed by atoms with van der Waals surface area (Å²) in [5.74, 6) is 0. The summed E-state index contributed by atoms with van der Waals surface area (Å²) in [7, 11) is 1.57. The van der Waals surface area contributed by atoms with Gasteiger partial charge in [0.15, 0.2) is 5.15 Å². The number of carbonyl (C=O) groups excluding carboxylic acids is 1. The SMILES string of the molecule is COCCNC(=O)Nc1cccnc1Cl. The first-order valence-corrected chi connectivity index (χ1v) is 4.76. The fourth-order valence-electron chi connectivity index (χ4n) is 0.912. The molecule has 0 aliphatic rings. The second-order valence-corrected chi connectivity index (χ2v) is 3.07. The number of halogens is 1. The van der Waals surface area contributed by atoms with Crippen LogP contribution in [0.4, 0.5) is 10.5 Å². The third-order valence-corrected chi connectivity index (χ3v) is 1.90. The van der Waals surface area contributed by atoms with Gasteiger partial charge in [-0.2, -0.15) is 0 Å². The van der Waals surface area contributed by atoms with Crippen LogP contribution in [-0.4, -0.2) is 31.3 Å². The van der Waals surface area contributed by atoms with E-state index >= 15 is 0 Å². The van der Waals surface area contributed by atoms with Crippen molar-refractivity contribution in [2.75, 3.05) is 25.6 Å². The molecule has 0 saturated heterocycles. The van der Waals surface area contributed by atoms with Gasteiger partial charge in [-0.3, -0.25) is 0 Å². The monoisotopic (exact) mass is 229 g/mol. The number of aromatic nitrogens is 1. The summed E-state index contributed by atoms with van der Waals surface area (Å²) in [4.78, 5) is 15.1. The third-order valence-electron chi connectivity index (χ3n) is 1.60. The van der Waals surface area contributed by atoms with Gasteiger partial charge in [-0.05, 0) is 12.1 Å². The van der Waals surface area contributed by atoms with Crippen molar-refractivity contribution in [3.8, 4) is 0 Å². The average Bonchev–Trinajstić information content (AvgIpc) is 2.22. The number of urea groups is 1. The van der Waals surface area contributed by atoms with Crippen LogP contribution in [0, 0.1) is 0 Å². The zero-order chi connectivity index (χ0) is 11.1. The summed E-state index contributed by atoms with van der Waals surface area (Å²) in [6, 6.07) is 3.03. The van der Waals surface area contributed by atoms with E-state index in [1.54, 1.807) is 25.4 Å². The second kappa shape index (κ2) is 6.21. The summed E-state index contributed by atoms with van der Waals surface area (Å²) >= 11 is 5.75. The molecule has 0 radical (unpaired) electrons. The Morgan fingerprint density at radius 2 is 2.47 bits per heavy atom. The summed E-state index contributed by atoms with van der Waals surface area (Å²) < 4.78 is 4.79. The maximum absolute atomic E-state index is 11.3. The second-order valence-electron chi connectivity index (χ2n) is 2.72. The van der Waals surface area contributed by atoms with Crippen molar-refractivity contribution in [1.82, 2.24) is 10.3 Å². The molecule has 0 aliphatic carbocycles. The van der Waals surface area contributed by atoms with Crippen molar-refractivity contribution in [2.45, 2.75) is 0 Å². The van der Waals surface area contributed by atoms with Crippen molar-refractivity contribution in [3.63, 3.8) is 0 Å². The van der Waals surface area contributed by atoms with Crippen LogP contribution in [0.2, 0.25) is 5.15 Å². The molecule has 2 N–H and O–H groups in total. The van der Waals surface area contributed by atoms with E-state index in [1.165, 1.54) is 0 Å². The molecule has 0 bridgehead atoms. The number of pyridine rings is 1. The molecule has 0 atom stereocenters. The van der Waals surface area contributed by atoms with Gasteiger partial charge in [-0.1, -0.05) is 11.6 Å². The Morgan fingerprint density at radius 3 is 3.13 bits per heavy atom. The molecule has 15 heavy (non-hydrogen) atoms. The van der Waals surface area contributed by atoms with Crippen LogP contribution < -0.4 is 10.6 Å². The van der Waals surface area contributed by atoms with Crippen molar-refractivity contribution < 1.29 is 9.53 Å². The number of anilines is 1. The number of nitrogens with zero attached hydrogens (tertiary/aromatic N) is 1. The molecule has 1 aromatic rings. The predicted molar refractivity (Wildman–Crippen MR) is 58.1 cm³/mol. The number of amides is 2. The minimum atomic E-state index is -0.332. The maximum atomic E-state index is 11.3. The van der Waals surface area contributed by atoms with E-state index in [0.717, 1.165) is 0 Å². The Labute approximate surface area is 92.8 Å². The minimum Gasteiger partial charge on any atom is -0.383 e. The molecule has 2 amide bonds. The topological polar surface area (TPSA) is 63.2 Å². The molecule has 1 rings (SSSR count). The third kappa shape index (κ3) is 4.14.